The zero-order valence-corrected chi connectivity index (χ0v) is 13.4. The van der Waals surface area contributed by atoms with Crippen molar-refractivity contribution < 1.29 is 36.2 Å². The maximum Gasteiger partial charge on any atom is 0.416 e. The van der Waals surface area contributed by atoms with Crippen LogP contribution in [0, 0.1) is 0 Å². The Hall–Kier alpha value is -2.84. The zero-order valence-electron chi connectivity index (χ0n) is 13.4. The average Bonchev–Trinajstić information content (AvgIpc) is 2.54. The van der Waals surface area contributed by atoms with Crippen molar-refractivity contribution in [1.82, 2.24) is 0 Å². The monoisotopic (exact) mass is 375 g/mol. The lowest BCUT2D eigenvalue weighted by Crippen LogP contribution is -2.15. The number of anilines is 1. The third-order valence-electron chi connectivity index (χ3n) is 3.31. The second-order valence-electron chi connectivity index (χ2n) is 5.16. The first kappa shape index (κ1) is 19.5. The normalized spacial score (nSPS) is 11.3. The van der Waals surface area contributed by atoms with E-state index in [1.165, 1.54) is 31.4 Å². The Bertz CT molecular complexity index is 760. The third kappa shape index (κ3) is 5.33. The molecule has 2 aromatic rings. The highest BCUT2D eigenvalue weighted by Gasteiger charge is 2.29. The summed E-state index contributed by atoms with van der Waals surface area (Å²) in [4.78, 5) is 12.0. The summed E-state index contributed by atoms with van der Waals surface area (Å²) in [5.74, 6) is -0.723. The van der Waals surface area contributed by atoms with Gasteiger partial charge in [0.25, 0.3) is 0 Å². The van der Waals surface area contributed by atoms with Gasteiger partial charge < -0.3 is 14.8 Å². The molecule has 1 amide bonds. The van der Waals surface area contributed by atoms with Gasteiger partial charge in [-0.05, 0) is 29.8 Å². The van der Waals surface area contributed by atoms with Gasteiger partial charge in [0.1, 0.15) is 0 Å². The van der Waals surface area contributed by atoms with Gasteiger partial charge in [0, 0.05) is 11.8 Å². The number of benzene rings is 2. The molecule has 0 heterocycles. The molecule has 0 aliphatic rings. The highest BCUT2D eigenvalue weighted by Crippen LogP contribution is 2.32. The number of rotatable bonds is 6. The molecule has 0 fully saturated rings. The van der Waals surface area contributed by atoms with Crippen LogP contribution in [0.5, 0.6) is 11.5 Å². The fourth-order valence-corrected chi connectivity index (χ4v) is 2.14. The van der Waals surface area contributed by atoms with E-state index in [0.717, 1.165) is 18.2 Å². The van der Waals surface area contributed by atoms with Crippen LogP contribution in [0.3, 0.4) is 0 Å². The van der Waals surface area contributed by atoms with Crippen molar-refractivity contribution in [2.24, 2.45) is 0 Å². The Morgan fingerprint density at radius 1 is 1.08 bits per heavy atom. The third-order valence-corrected chi connectivity index (χ3v) is 3.31. The topological polar surface area (TPSA) is 47.6 Å². The second-order valence-corrected chi connectivity index (χ2v) is 5.16. The van der Waals surface area contributed by atoms with E-state index in [0.29, 0.717) is 5.56 Å². The van der Waals surface area contributed by atoms with E-state index in [1.54, 1.807) is 0 Å². The van der Waals surface area contributed by atoms with E-state index >= 15 is 0 Å². The van der Waals surface area contributed by atoms with Crippen molar-refractivity contribution in [3.05, 3.63) is 53.6 Å². The molecule has 9 heteroatoms. The van der Waals surface area contributed by atoms with Crippen molar-refractivity contribution in [1.29, 1.82) is 0 Å². The van der Waals surface area contributed by atoms with Crippen LogP contribution >= 0.6 is 0 Å². The number of halogens is 5. The zero-order chi connectivity index (χ0) is 19.3. The van der Waals surface area contributed by atoms with Crippen molar-refractivity contribution in [2.75, 3.05) is 12.4 Å². The molecule has 2 aromatic carbocycles. The number of hydrogen-bond donors (Lipinski definition) is 1. The fraction of sp³-hybridized carbons (Fsp3) is 0.235. The lowest BCUT2D eigenvalue weighted by Gasteiger charge is -2.12. The van der Waals surface area contributed by atoms with E-state index in [4.69, 9.17) is 4.74 Å². The molecule has 0 saturated heterocycles. The summed E-state index contributed by atoms with van der Waals surface area (Å²) >= 11 is 0. The van der Waals surface area contributed by atoms with Crippen LogP contribution in [-0.2, 0) is 17.4 Å². The van der Waals surface area contributed by atoms with Crippen molar-refractivity contribution >= 4 is 11.6 Å². The van der Waals surface area contributed by atoms with Gasteiger partial charge in [0.2, 0.25) is 5.91 Å². The van der Waals surface area contributed by atoms with Gasteiger partial charge >= 0.3 is 12.8 Å². The molecule has 4 nitrogen and oxygen atoms in total. The maximum atomic E-state index is 12.5. The van der Waals surface area contributed by atoms with E-state index in [9.17, 15) is 26.7 Å². The minimum absolute atomic E-state index is 0.0611. The number of alkyl halides is 5. The summed E-state index contributed by atoms with van der Waals surface area (Å²) in [6.07, 6.45) is -4.64. The minimum Gasteiger partial charge on any atom is -0.493 e. The number of amides is 1. The average molecular weight is 375 g/mol. The van der Waals surface area contributed by atoms with Gasteiger partial charge in [0.05, 0.1) is 19.1 Å². The molecular weight excluding hydrogens is 361 g/mol. The standard InChI is InChI=1S/C17H14F5NO3/c1-25-13-7-6-12(9-14(13)26-16(18)19)23-15(24)8-10-2-4-11(5-3-10)17(20,21)22/h2-7,9,16H,8H2,1H3,(H,23,24). The molecule has 0 unspecified atom stereocenters. The summed E-state index contributed by atoms with van der Waals surface area (Å²) in [7, 11) is 1.27. The SMILES string of the molecule is COc1ccc(NC(=O)Cc2ccc(C(F)(F)F)cc2)cc1OC(F)F. The molecule has 26 heavy (non-hydrogen) atoms. The molecule has 0 bridgehead atoms. The summed E-state index contributed by atoms with van der Waals surface area (Å²) in [6.45, 7) is -3.07. The highest BCUT2D eigenvalue weighted by atomic mass is 19.4. The molecule has 1 N–H and O–H groups in total. The fourth-order valence-electron chi connectivity index (χ4n) is 2.14. The summed E-state index contributed by atoms with van der Waals surface area (Å²) in [5.41, 5.74) is -0.267. The molecule has 140 valence electrons. The Labute approximate surface area is 145 Å². The Kier molecular flexibility index (Phi) is 6.01. The van der Waals surface area contributed by atoms with E-state index in [2.05, 4.69) is 10.1 Å². The van der Waals surface area contributed by atoms with Crippen LogP contribution in [0.15, 0.2) is 42.5 Å². The molecular formula is C17H14F5NO3. The first-order valence-corrected chi connectivity index (χ1v) is 7.28. The second kappa shape index (κ2) is 8.03. The van der Waals surface area contributed by atoms with Crippen LogP contribution < -0.4 is 14.8 Å². The van der Waals surface area contributed by atoms with Gasteiger partial charge in [0.15, 0.2) is 11.5 Å². The van der Waals surface area contributed by atoms with E-state index < -0.39 is 24.3 Å². The lowest BCUT2D eigenvalue weighted by atomic mass is 10.1. The minimum atomic E-state index is -4.45. The van der Waals surface area contributed by atoms with Gasteiger partial charge in [-0.2, -0.15) is 22.0 Å². The van der Waals surface area contributed by atoms with Crippen molar-refractivity contribution in [2.45, 2.75) is 19.2 Å². The largest absolute Gasteiger partial charge is 0.493 e. The number of carbonyl (C=O) groups excluding carboxylic acids is 1. The summed E-state index contributed by atoms with van der Waals surface area (Å²) in [6, 6.07) is 8.07. The van der Waals surface area contributed by atoms with Crippen LogP contribution in [0.4, 0.5) is 27.6 Å². The van der Waals surface area contributed by atoms with E-state index in [-0.39, 0.29) is 23.6 Å². The molecule has 0 radical (unpaired) electrons. The molecule has 0 aromatic heterocycles. The van der Waals surface area contributed by atoms with Crippen molar-refractivity contribution in [3.8, 4) is 11.5 Å². The molecule has 0 saturated carbocycles. The number of carbonyl (C=O) groups is 1. The predicted molar refractivity (Wildman–Crippen MR) is 83.4 cm³/mol. The molecule has 2 rings (SSSR count). The van der Waals surface area contributed by atoms with Gasteiger partial charge in [-0.1, -0.05) is 12.1 Å². The Morgan fingerprint density at radius 3 is 2.27 bits per heavy atom. The van der Waals surface area contributed by atoms with Gasteiger partial charge in [-0.15, -0.1) is 0 Å². The number of methoxy groups -OCH3 is 1. The Morgan fingerprint density at radius 2 is 1.73 bits per heavy atom. The smallest absolute Gasteiger partial charge is 0.416 e. The van der Waals surface area contributed by atoms with Crippen LogP contribution in [0.2, 0.25) is 0 Å². The molecule has 0 spiro atoms. The number of nitrogens with one attached hydrogen (secondary N) is 1. The number of hydrogen-bond acceptors (Lipinski definition) is 3. The summed E-state index contributed by atoms with van der Waals surface area (Å²) in [5, 5.41) is 2.46. The van der Waals surface area contributed by atoms with Crippen molar-refractivity contribution in [3.63, 3.8) is 0 Å². The van der Waals surface area contributed by atoms with Crippen LogP contribution in [-0.4, -0.2) is 19.6 Å². The Balaban J connectivity index is 2.05. The number of ether oxygens (including phenoxy) is 2. The van der Waals surface area contributed by atoms with Gasteiger partial charge in [-0.25, -0.2) is 0 Å². The summed E-state index contributed by atoms with van der Waals surface area (Å²) < 4.78 is 71.5. The van der Waals surface area contributed by atoms with Crippen LogP contribution in [0.1, 0.15) is 11.1 Å². The van der Waals surface area contributed by atoms with Gasteiger partial charge in [-0.3, -0.25) is 4.79 Å². The first-order valence-electron chi connectivity index (χ1n) is 7.28. The molecule has 0 atom stereocenters. The maximum absolute atomic E-state index is 12.5. The molecule has 0 aliphatic heterocycles. The van der Waals surface area contributed by atoms with Crippen LogP contribution in [0.25, 0.3) is 0 Å². The first-order chi connectivity index (χ1) is 12.2. The quantitative estimate of drug-likeness (QED) is 0.757. The predicted octanol–water partition coefficient (Wildman–Crippen LogP) is 4.50. The van der Waals surface area contributed by atoms with E-state index in [1.807, 2.05) is 0 Å². The molecule has 0 aliphatic carbocycles. The highest BCUT2D eigenvalue weighted by molar-refractivity contribution is 5.92. The lowest BCUT2D eigenvalue weighted by molar-refractivity contribution is -0.137.